The third kappa shape index (κ3) is 6.68. The molecule has 0 spiro atoms. The molecule has 0 bridgehead atoms. The number of Topliss-reactive ketones (excluding diaryl/α,β-unsaturated/α-hetero) is 1. The summed E-state index contributed by atoms with van der Waals surface area (Å²) >= 11 is 0. The monoisotopic (exact) mass is 662 g/mol. The molecule has 1 heterocycles. The number of likely N-dealkylation sites (tertiary alicyclic amines) is 1. The Balaban J connectivity index is 1.78. The summed E-state index contributed by atoms with van der Waals surface area (Å²) in [6.07, 6.45) is 0.0598. The molecule has 1 fully saturated rings. The molecule has 4 aromatic carbocycles. The van der Waals surface area contributed by atoms with Crippen molar-refractivity contribution in [1.82, 2.24) is 10.2 Å². The number of aliphatic hydroxyl groups excluding tert-OH is 1. The van der Waals surface area contributed by atoms with Gasteiger partial charge < -0.3 is 15.2 Å². The van der Waals surface area contributed by atoms with Gasteiger partial charge in [-0.2, -0.15) is 0 Å². The van der Waals surface area contributed by atoms with Crippen LogP contribution in [-0.4, -0.2) is 57.9 Å². The van der Waals surface area contributed by atoms with Gasteiger partial charge in [0, 0.05) is 31.0 Å². The first-order valence-corrected chi connectivity index (χ1v) is 17.7. The first-order chi connectivity index (χ1) is 23.2. The number of nitrogens with zero attached hydrogens (tertiary/aromatic N) is 1. The van der Waals surface area contributed by atoms with E-state index in [9.17, 15) is 24.3 Å². The van der Waals surface area contributed by atoms with E-state index >= 15 is 0 Å². The number of hydrogen-bond donors (Lipinski definition) is 2. The summed E-state index contributed by atoms with van der Waals surface area (Å²) in [6, 6.07) is 34.4. The van der Waals surface area contributed by atoms with E-state index in [2.05, 4.69) is 11.9 Å². The fourth-order valence-corrected chi connectivity index (χ4v) is 10.5. The molecule has 0 radical (unpaired) electrons. The number of ether oxygens (including phenoxy) is 1. The van der Waals surface area contributed by atoms with Crippen LogP contribution < -0.4 is 21.2 Å². The van der Waals surface area contributed by atoms with Crippen molar-refractivity contribution in [2.45, 2.75) is 38.8 Å². The van der Waals surface area contributed by atoms with Crippen LogP contribution in [0.5, 0.6) is 0 Å². The van der Waals surface area contributed by atoms with Crippen LogP contribution in [0.15, 0.2) is 128 Å². The second kappa shape index (κ2) is 15.2. The lowest BCUT2D eigenvalue weighted by atomic mass is 9.80. The summed E-state index contributed by atoms with van der Waals surface area (Å²) in [5, 5.41) is 16.1. The number of amides is 2. The van der Waals surface area contributed by atoms with Gasteiger partial charge in [-0.15, -0.1) is 6.58 Å². The van der Waals surface area contributed by atoms with Crippen LogP contribution in [0.3, 0.4) is 0 Å². The number of aliphatic hydroxyl groups is 1. The van der Waals surface area contributed by atoms with Crippen molar-refractivity contribution < 1.29 is 29.0 Å². The molecule has 4 aromatic rings. The highest BCUT2D eigenvalue weighted by Crippen LogP contribution is 2.50. The Kier molecular flexibility index (Phi) is 10.9. The maximum atomic E-state index is 14.3. The van der Waals surface area contributed by atoms with E-state index in [1.54, 1.807) is 18.2 Å². The lowest BCUT2D eigenvalue weighted by Crippen LogP contribution is -2.67. The Morgan fingerprint density at radius 1 is 0.875 bits per heavy atom. The first-order valence-electron chi connectivity index (χ1n) is 15.9. The van der Waals surface area contributed by atoms with Crippen molar-refractivity contribution in [1.29, 1.82) is 0 Å². The molecule has 1 aliphatic heterocycles. The number of hydrogen-bond acceptors (Lipinski definition) is 6. The summed E-state index contributed by atoms with van der Waals surface area (Å²) in [6.45, 7) is 4.33. The third-order valence-corrected chi connectivity index (χ3v) is 12.5. The van der Waals surface area contributed by atoms with E-state index < -0.39 is 36.8 Å². The largest absolute Gasteiger partial charge is 0.408 e. The van der Waals surface area contributed by atoms with Gasteiger partial charge in [0.25, 0.3) is 5.91 Å². The number of ketones is 1. The topological polar surface area (TPSA) is 113 Å². The first kappa shape index (κ1) is 34.3. The van der Waals surface area contributed by atoms with Crippen LogP contribution in [-0.2, 0) is 14.3 Å². The van der Waals surface area contributed by atoms with Gasteiger partial charge in [0.15, 0.2) is 5.78 Å². The predicted octanol–water partition coefficient (Wildman–Crippen LogP) is 4.42. The number of esters is 1. The molecule has 0 saturated carbocycles. The highest BCUT2D eigenvalue weighted by molar-refractivity contribution is 7.95. The molecule has 9 heteroatoms. The second-order valence-electron chi connectivity index (χ2n) is 11.5. The number of benzene rings is 4. The normalized spacial score (nSPS) is 16.3. The van der Waals surface area contributed by atoms with Crippen molar-refractivity contribution in [3.8, 4) is 0 Å². The van der Waals surface area contributed by atoms with Crippen LogP contribution in [0, 0.1) is 5.92 Å². The molecule has 1 saturated heterocycles. The lowest BCUT2D eigenvalue weighted by molar-refractivity contribution is -0.157. The van der Waals surface area contributed by atoms with Crippen LogP contribution >= 0.6 is 6.89 Å². The number of carbonyl (C=O) groups excluding carboxylic acids is 4. The highest BCUT2D eigenvalue weighted by Gasteiger charge is 2.55. The van der Waals surface area contributed by atoms with Crippen LogP contribution in [0.2, 0.25) is 0 Å². The number of nitrogens with one attached hydrogen (secondary N) is 1. The van der Waals surface area contributed by atoms with Gasteiger partial charge in [-0.1, -0.05) is 109 Å². The minimum atomic E-state index is -3.14. The van der Waals surface area contributed by atoms with Crippen molar-refractivity contribution in [2.75, 3.05) is 6.54 Å². The third-order valence-electron chi connectivity index (χ3n) is 8.41. The summed E-state index contributed by atoms with van der Waals surface area (Å²) in [7, 11) is 0. The smallest absolute Gasteiger partial charge is 0.316 e. The molecular formula is C39H39N2O6P. The molecule has 48 heavy (non-hydrogen) atoms. The summed E-state index contributed by atoms with van der Waals surface area (Å²) in [5.74, 6) is -2.62. The molecule has 0 aromatic heterocycles. The average Bonchev–Trinajstić information content (AvgIpc) is 3.10. The molecule has 3 atom stereocenters. The fourth-order valence-electron chi connectivity index (χ4n) is 6.23. The highest BCUT2D eigenvalue weighted by atomic mass is 31.2. The lowest BCUT2D eigenvalue weighted by Gasteiger charge is -2.50. The van der Waals surface area contributed by atoms with Crippen LogP contribution in [0.25, 0.3) is 0 Å². The standard InChI is InChI=1S/C39H39N2O6P/c1-4-16-35(44)47-39(48(30-19-9-6-10-20-30,31-21-11-7-12-22-31)32-23-13-8-14-24-32)41-33(36(27(3)42)38(41)46)26-34(43)28-17-15-18-29(25-28)37(45)40-5-2/h4,6-15,17-25,27,33,36,42H,1,5,16,26H2,2-3H3,(H,40,45). The number of carbonyl (C=O) groups is 4. The Morgan fingerprint density at radius 2 is 1.40 bits per heavy atom. The van der Waals surface area contributed by atoms with Crippen molar-refractivity contribution in [2.24, 2.45) is 5.92 Å². The zero-order valence-corrected chi connectivity index (χ0v) is 27.9. The zero-order chi connectivity index (χ0) is 34.3. The van der Waals surface area contributed by atoms with E-state index in [4.69, 9.17) is 4.74 Å². The van der Waals surface area contributed by atoms with E-state index in [1.165, 1.54) is 24.0 Å². The van der Waals surface area contributed by atoms with Gasteiger partial charge in [-0.3, -0.25) is 24.1 Å². The Bertz CT molecular complexity index is 1750. The fraction of sp³-hybridized carbons (Fsp3) is 0.205. The molecule has 0 aliphatic carbocycles. The SMILES string of the molecule is C=CCC(=O)OC(N1C(=O)C(C(C)O)C1CC(=O)c1cccc(C(=O)NCC)c1)=P(c1ccccc1)(c1ccccc1)c1ccccc1. The van der Waals surface area contributed by atoms with Crippen LogP contribution in [0.1, 0.15) is 47.4 Å². The van der Waals surface area contributed by atoms with E-state index in [0.29, 0.717) is 17.7 Å². The molecule has 3 unspecified atom stereocenters. The van der Waals surface area contributed by atoms with Gasteiger partial charge in [-0.25, -0.2) is 0 Å². The van der Waals surface area contributed by atoms with E-state index in [0.717, 1.165) is 15.9 Å². The number of β-lactam (4-membered cyclic amide) rings is 1. The van der Waals surface area contributed by atoms with Gasteiger partial charge in [-0.05, 0) is 41.9 Å². The molecule has 246 valence electrons. The summed E-state index contributed by atoms with van der Waals surface area (Å²) < 4.78 is 6.33. The van der Waals surface area contributed by atoms with Gasteiger partial charge in [0.1, 0.15) is 0 Å². The summed E-state index contributed by atoms with van der Waals surface area (Å²) in [5.41, 5.74) is 0.751. The van der Waals surface area contributed by atoms with Gasteiger partial charge in [0.05, 0.1) is 24.5 Å². The van der Waals surface area contributed by atoms with Gasteiger partial charge in [0.2, 0.25) is 11.5 Å². The second-order valence-corrected chi connectivity index (χ2v) is 14.8. The van der Waals surface area contributed by atoms with Crippen molar-refractivity contribution >= 4 is 52.0 Å². The quantitative estimate of drug-likeness (QED) is 0.0721. The molecule has 2 N–H and O–H groups in total. The molecule has 1 aliphatic rings. The summed E-state index contributed by atoms with van der Waals surface area (Å²) in [4.78, 5) is 55.6. The minimum absolute atomic E-state index is 0.111. The Hall–Kier alpha value is -5.04. The van der Waals surface area contributed by atoms with E-state index in [-0.39, 0.29) is 30.1 Å². The Morgan fingerprint density at radius 3 is 1.88 bits per heavy atom. The van der Waals surface area contributed by atoms with Gasteiger partial charge >= 0.3 is 5.97 Å². The molecule has 5 rings (SSSR count). The average molecular weight is 663 g/mol. The molecular weight excluding hydrogens is 623 g/mol. The zero-order valence-electron chi connectivity index (χ0n) is 27.0. The molecule has 8 nitrogen and oxygen atoms in total. The van der Waals surface area contributed by atoms with Crippen molar-refractivity contribution in [3.63, 3.8) is 0 Å². The maximum Gasteiger partial charge on any atom is 0.316 e. The van der Waals surface area contributed by atoms with Crippen molar-refractivity contribution in [3.05, 3.63) is 139 Å². The number of rotatable bonds is 13. The van der Waals surface area contributed by atoms with E-state index in [1.807, 2.05) is 97.9 Å². The Labute approximate surface area is 281 Å². The maximum absolute atomic E-state index is 14.3. The molecule has 2 amide bonds. The van der Waals surface area contributed by atoms with Crippen LogP contribution in [0.4, 0.5) is 0 Å². The predicted molar refractivity (Wildman–Crippen MR) is 190 cm³/mol. The minimum Gasteiger partial charge on any atom is -0.408 e.